The van der Waals surface area contributed by atoms with Gasteiger partial charge in [0.05, 0.1) is 5.69 Å². The van der Waals surface area contributed by atoms with Gasteiger partial charge in [-0.25, -0.2) is 4.79 Å². The van der Waals surface area contributed by atoms with Gasteiger partial charge in [0, 0.05) is 23.7 Å². The van der Waals surface area contributed by atoms with Crippen LogP contribution in [0.25, 0.3) is 0 Å². The smallest absolute Gasteiger partial charge is 0.355 e. The third-order valence-corrected chi connectivity index (χ3v) is 4.63. The van der Waals surface area contributed by atoms with Crippen LogP contribution in [0.1, 0.15) is 65.0 Å². The number of fused-ring (bicyclic) bond motifs is 1. The van der Waals surface area contributed by atoms with Gasteiger partial charge in [-0.15, -0.1) is 0 Å². The lowest BCUT2D eigenvalue weighted by molar-refractivity contribution is -0.124. The summed E-state index contributed by atoms with van der Waals surface area (Å²) in [6.07, 6.45) is 0.0563. The number of nitrogens with one attached hydrogen (secondary N) is 2. The van der Waals surface area contributed by atoms with Crippen LogP contribution in [0, 0.1) is 19.3 Å². The van der Waals surface area contributed by atoms with Crippen LogP contribution in [-0.4, -0.2) is 33.9 Å². The van der Waals surface area contributed by atoms with E-state index in [0.717, 1.165) is 5.69 Å². The molecule has 27 heavy (non-hydrogen) atoms. The quantitative estimate of drug-likeness (QED) is 0.797. The van der Waals surface area contributed by atoms with Gasteiger partial charge in [0.2, 0.25) is 5.88 Å². The van der Waals surface area contributed by atoms with E-state index in [1.165, 1.54) is 6.92 Å². The molecule has 0 saturated heterocycles. The Bertz CT molecular complexity index is 922. The summed E-state index contributed by atoms with van der Waals surface area (Å²) in [6, 6.07) is 1.56. The molecule has 2 aromatic rings. The van der Waals surface area contributed by atoms with Crippen LogP contribution in [0.2, 0.25) is 0 Å². The summed E-state index contributed by atoms with van der Waals surface area (Å²) in [7, 11) is 0. The van der Waals surface area contributed by atoms with Crippen LogP contribution in [-0.2, 0) is 16.0 Å². The maximum absolute atomic E-state index is 12.5. The molecule has 2 N–H and O–H groups in total. The molecule has 2 aromatic heterocycles. The fraction of sp³-hybridized carbons (Fsp3) is 0.474. The van der Waals surface area contributed by atoms with Crippen molar-refractivity contribution in [2.24, 2.45) is 5.41 Å². The summed E-state index contributed by atoms with van der Waals surface area (Å²) in [4.78, 5) is 40.2. The molecule has 3 rings (SSSR count). The molecule has 0 aliphatic heterocycles. The van der Waals surface area contributed by atoms with Crippen LogP contribution < -0.4 is 5.32 Å². The first-order valence-electron chi connectivity index (χ1n) is 8.77. The van der Waals surface area contributed by atoms with Crippen LogP contribution in [0.5, 0.6) is 0 Å². The van der Waals surface area contributed by atoms with Crippen LogP contribution in [0.15, 0.2) is 10.6 Å². The number of rotatable bonds is 4. The molecule has 0 spiro atoms. The van der Waals surface area contributed by atoms with Gasteiger partial charge in [0.1, 0.15) is 5.69 Å². The average Bonchev–Trinajstić information content (AvgIpc) is 3.09. The van der Waals surface area contributed by atoms with Gasteiger partial charge in [-0.05, 0) is 38.2 Å². The topological polar surface area (TPSA) is 114 Å². The first-order valence-corrected chi connectivity index (χ1v) is 8.77. The van der Waals surface area contributed by atoms with Gasteiger partial charge in [0.25, 0.3) is 5.91 Å². The molecule has 0 fully saturated rings. The first-order chi connectivity index (χ1) is 12.6. The number of hydrogen-bond acceptors (Lipinski definition) is 6. The second-order valence-corrected chi connectivity index (χ2v) is 7.79. The number of aromatic nitrogens is 2. The van der Waals surface area contributed by atoms with Crippen molar-refractivity contribution in [1.29, 1.82) is 0 Å². The van der Waals surface area contributed by atoms with Crippen molar-refractivity contribution in [1.82, 2.24) is 10.1 Å². The summed E-state index contributed by atoms with van der Waals surface area (Å²) in [6.45, 7) is 8.92. The summed E-state index contributed by atoms with van der Waals surface area (Å²) in [5.74, 6) is -1.02. The first kappa shape index (κ1) is 18.9. The van der Waals surface area contributed by atoms with Crippen molar-refractivity contribution in [2.75, 3.05) is 5.32 Å². The number of aryl methyl sites for hydroxylation is 1. The Morgan fingerprint density at radius 3 is 2.67 bits per heavy atom. The van der Waals surface area contributed by atoms with E-state index in [-0.39, 0.29) is 22.8 Å². The number of anilines is 1. The Balaban J connectivity index is 1.73. The van der Waals surface area contributed by atoms with Gasteiger partial charge in [0.15, 0.2) is 11.9 Å². The Morgan fingerprint density at radius 1 is 1.33 bits per heavy atom. The normalized spacial score (nSPS) is 16.6. The highest BCUT2D eigenvalue weighted by molar-refractivity contribution is 6.04. The second-order valence-electron chi connectivity index (χ2n) is 7.79. The third kappa shape index (κ3) is 3.79. The van der Waals surface area contributed by atoms with E-state index in [0.29, 0.717) is 29.7 Å². The van der Waals surface area contributed by atoms with E-state index in [1.54, 1.807) is 19.9 Å². The molecule has 2 heterocycles. The maximum atomic E-state index is 12.5. The largest absolute Gasteiger partial charge is 0.448 e. The van der Waals surface area contributed by atoms with E-state index in [1.807, 2.05) is 13.8 Å². The molecular weight excluding hydrogens is 350 g/mol. The minimum Gasteiger partial charge on any atom is -0.448 e. The predicted molar refractivity (Wildman–Crippen MR) is 96.7 cm³/mol. The fourth-order valence-corrected chi connectivity index (χ4v) is 3.36. The molecule has 1 amide bonds. The minimum atomic E-state index is -1.05. The Labute approximate surface area is 156 Å². The number of amides is 1. The number of Topliss-reactive ketones (excluding diaryl/α,β-unsaturated/α-hetero) is 1. The fourth-order valence-electron chi connectivity index (χ4n) is 3.36. The number of hydrogen-bond donors (Lipinski definition) is 2. The van der Waals surface area contributed by atoms with Crippen molar-refractivity contribution in [3.8, 4) is 0 Å². The molecule has 0 bridgehead atoms. The lowest BCUT2D eigenvalue weighted by atomic mass is 9.75. The number of carbonyl (C=O) groups excluding carboxylic acids is 3. The number of esters is 1. The standard InChI is InChI=1S/C19H23N3O5/c1-9-6-14(27-22-9)21-17(24)11(3)26-18(25)16-10(2)15-12(20-16)7-19(4,5)8-13(15)23/h6,11,20H,7-8H2,1-5H3,(H,21,24). The van der Waals surface area contributed by atoms with E-state index in [4.69, 9.17) is 9.26 Å². The number of carbonyl (C=O) groups is 3. The third-order valence-electron chi connectivity index (χ3n) is 4.63. The van der Waals surface area contributed by atoms with E-state index in [9.17, 15) is 14.4 Å². The molecule has 1 unspecified atom stereocenters. The van der Waals surface area contributed by atoms with Crippen molar-refractivity contribution in [3.63, 3.8) is 0 Å². The molecule has 0 saturated carbocycles. The molecule has 1 aliphatic rings. The second kappa shape index (κ2) is 6.68. The summed E-state index contributed by atoms with van der Waals surface area (Å²) >= 11 is 0. The molecule has 1 atom stereocenters. The number of ether oxygens (including phenoxy) is 1. The minimum absolute atomic E-state index is 0.0144. The molecule has 1 aliphatic carbocycles. The molecule has 144 valence electrons. The Kier molecular flexibility index (Phi) is 4.67. The number of nitrogens with zero attached hydrogens (tertiary/aromatic N) is 1. The summed E-state index contributed by atoms with van der Waals surface area (Å²) < 4.78 is 10.2. The van der Waals surface area contributed by atoms with Crippen molar-refractivity contribution >= 4 is 23.5 Å². The van der Waals surface area contributed by atoms with Gasteiger partial charge < -0.3 is 14.2 Å². The zero-order valence-corrected chi connectivity index (χ0v) is 16.1. The maximum Gasteiger partial charge on any atom is 0.355 e. The highest BCUT2D eigenvalue weighted by atomic mass is 16.5. The predicted octanol–water partition coefficient (Wildman–Crippen LogP) is 2.96. The highest BCUT2D eigenvalue weighted by Gasteiger charge is 2.36. The van der Waals surface area contributed by atoms with E-state index in [2.05, 4.69) is 15.5 Å². The monoisotopic (exact) mass is 373 g/mol. The lowest BCUT2D eigenvalue weighted by Crippen LogP contribution is -2.30. The van der Waals surface area contributed by atoms with E-state index < -0.39 is 18.0 Å². The Morgan fingerprint density at radius 2 is 2.04 bits per heavy atom. The summed E-state index contributed by atoms with van der Waals surface area (Å²) in [5, 5.41) is 6.16. The van der Waals surface area contributed by atoms with Gasteiger partial charge in [-0.2, -0.15) is 0 Å². The lowest BCUT2D eigenvalue weighted by Gasteiger charge is -2.28. The molecular formula is C19H23N3O5. The van der Waals surface area contributed by atoms with Crippen molar-refractivity contribution in [2.45, 2.75) is 53.6 Å². The van der Waals surface area contributed by atoms with E-state index >= 15 is 0 Å². The zero-order chi connectivity index (χ0) is 19.9. The van der Waals surface area contributed by atoms with Crippen LogP contribution in [0.4, 0.5) is 5.88 Å². The van der Waals surface area contributed by atoms with Gasteiger partial charge >= 0.3 is 5.97 Å². The molecule has 8 heteroatoms. The number of H-pyrrole nitrogens is 1. The summed E-state index contributed by atoms with van der Waals surface area (Å²) in [5.41, 5.74) is 2.54. The number of aromatic amines is 1. The average molecular weight is 373 g/mol. The van der Waals surface area contributed by atoms with Crippen LogP contribution in [0.3, 0.4) is 0 Å². The molecule has 0 aromatic carbocycles. The Hall–Kier alpha value is -2.90. The SMILES string of the molecule is Cc1cc(NC(=O)C(C)OC(=O)c2[nH]c3c(c2C)C(=O)CC(C)(C)C3)on1. The van der Waals surface area contributed by atoms with Crippen molar-refractivity contribution < 1.29 is 23.6 Å². The molecule has 0 radical (unpaired) electrons. The molecule has 8 nitrogen and oxygen atoms in total. The highest BCUT2D eigenvalue weighted by Crippen LogP contribution is 2.36. The van der Waals surface area contributed by atoms with Gasteiger partial charge in [-0.1, -0.05) is 19.0 Å². The van der Waals surface area contributed by atoms with Crippen LogP contribution >= 0.6 is 0 Å². The zero-order valence-electron chi connectivity index (χ0n) is 16.1. The van der Waals surface area contributed by atoms with Gasteiger partial charge in [-0.3, -0.25) is 14.9 Å². The number of ketones is 1. The van der Waals surface area contributed by atoms with Crippen molar-refractivity contribution in [3.05, 3.63) is 34.3 Å².